The number of ketones is 1. The number of carbonyl (C=O) groups excluding carboxylic acids is 5. The van der Waals surface area contributed by atoms with E-state index in [2.05, 4.69) is 16.0 Å². The fourth-order valence-corrected chi connectivity index (χ4v) is 5.72. The zero-order valence-electron chi connectivity index (χ0n) is 25.5. The number of halogens is 3. The highest BCUT2D eigenvalue weighted by Gasteiger charge is 2.43. The van der Waals surface area contributed by atoms with Crippen LogP contribution in [-0.2, 0) is 36.8 Å². The van der Waals surface area contributed by atoms with Crippen molar-refractivity contribution in [1.82, 2.24) is 20.9 Å². The van der Waals surface area contributed by atoms with Crippen molar-refractivity contribution in [2.75, 3.05) is 20.3 Å². The Morgan fingerprint density at radius 3 is 2.16 bits per heavy atom. The minimum Gasteiger partial charge on any atom is -0.383 e. The molecule has 0 bridgehead atoms. The average Bonchev–Trinajstić information content (AvgIpc) is 3.59. The van der Waals surface area contributed by atoms with Crippen LogP contribution in [0.25, 0.3) is 0 Å². The van der Waals surface area contributed by atoms with Gasteiger partial charge in [-0.2, -0.15) is 13.2 Å². The molecule has 0 saturated carbocycles. The summed E-state index contributed by atoms with van der Waals surface area (Å²) in [6.45, 7) is 6.20. The van der Waals surface area contributed by atoms with Gasteiger partial charge in [-0.1, -0.05) is 45.0 Å². The molecule has 44 heavy (non-hydrogen) atoms. The van der Waals surface area contributed by atoms with Crippen molar-refractivity contribution in [3.8, 4) is 0 Å². The molecule has 1 saturated heterocycles. The highest BCUT2D eigenvalue weighted by Crippen LogP contribution is 2.31. The minimum atomic E-state index is -4.64. The molecule has 244 valence electrons. The van der Waals surface area contributed by atoms with Crippen molar-refractivity contribution in [3.63, 3.8) is 0 Å². The smallest absolute Gasteiger partial charge is 0.383 e. The predicted octanol–water partition coefficient (Wildman–Crippen LogP) is 2.00. The SMILES string of the molecule is COCC(NC(=O)N[C@H](C(=O)N1CCCC1C(=O)NC(CCC(F)(F)F)C(=O)C(N)=O)C1Cc2ccccc2C1)C(C)(C)C. The summed E-state index contributed by atoms with van der Waals surface area (Å²) in [5.74, 6) is -4.56. The van der Waals surface area contributed by atoms with E-state index in [1.807, 2.05) is 45.0 Å². The molecule has 1 aliphatic heterocycles. The highest BCUT2D eigenvalue weighted by atomic mass is 19.4. The fraction of sp³-hybridized carbons (Fsp3) is 0.633. The Morgan fingerprint density at radius 1 is 1.02 bits per heavy atom. The number of nitrogens with zero attached hydrogens (tertiary/aromatic N) is 1. The lowest BCUT2D eigenvalue weighted by Crippen LogP contribution is -2.60. The lowest BCUT2D eigenvalue weighted by atomic mass is 9.87. The number of carbonyl (C=O) groups is 5. The predicted molar refractivity (Wildman–Crippen MR) is 154 cm³/mol. The molecular weight excluding hydrogens is 583 g/mol. The summed E-state index contributed by atoms with van der Waals surface area (Å²) >= 11 is 0. The van der Waals surface area contributed by atoms with Gasteiger partial charge < -0.3 is 31.3 Å². The summed E-state index contributed by atoms with van der Waals surface area (Å²) in [6.07, 6.45) is -5.34. The van der Waals surface area contributed by atoms with Crippen LogP contribution in [0.5, 0.6) is 0 Å². The standard InChI is InChI=1S/C30H42F3N5O6/c1-29(2,3)22(16-44-4)36-28(43)37-23(19-14-17-8-5-6-9-18(17)15-19)27(42)38-13-7-10-21(38)26(41)35-20(24(39)25(34)40)11-12-30(31,32)33/h5-6,8-9,19-23H,7,10-16H2,1-4H3,(H2,34,40)(H,35,41)(H2,36,37,43)/t20?,21?,22?,23-/m0/s1. The van der Waals surface area contributed by atoms with Gasteiger partial charge in [0.25, 0.3) is 5.91 Å². The maximum Gasteiger partial charge on any atom is 0.389 e. The maximum atomic E-state index is 14.1. The molecule has 0 aromatic heterocycles. The fourth-order valence-electron chi connectivity index (χ4n) is 5.72. The van der Waals surface area contributed by atoms with Crippen LogP contribution in [-0.4, -0.2) is 85.0 Å². The summed E-state index contributed by atoms with van der Waals surface area (Å²) in [5.41, 5.74) is 6.73. The summed E-state index contributed by atoms with van der Waals surface area (Å²) < 4.78 is 43.9. The largest absolute Gasteiger partial charge is 0.389 e. The second-order valence-corrected chi connectivity index (χ2v) is 12.5. The summed E-state index contributed by atoms with van der Waals surface area (Å²) in [4.78, 5) is 65.7. The topological polar surface area (TPSA) is 160 Å². The number of Topliss-reactive ketones (excluding diaryl/α,β-unsaturated/α-hetero) is 1. The molecule has 3 rings (SSSR count). The van der Waals surface area contributed by atoms with Crippen molar-refractivity contribution < 1.29 is 41.9 Å². The molecule has 1 aliphatic carbocycles. The van der Waals surface area contributed by atoms with Gasteiger partial charge in [0, 0.05) is 20.1 Å². The van der Waals surface area contributed by atoms with E-state index in [0.29, 0.717) is 19.3 Å². The number of nitrogens with two attached hydrogens (primary N) is 1. The second-order valence-electron chi connectivity index (χ2n) is 12.5. The normalized spacial score (nSPS) is 19.1. The number of nitrogens with one attached hydrogen (secondary N) is 3. The number of ether oxygens (including phenoxy) is 1. The van der Waals surface area contributed by atoms with Crippen molar-refractivity contribution in [2.45, 2.75) is 89.6 Å². The zero-order chi connectivity index (χ0) is 32.8. The molecule has 14 heteroatoms. The molecule has 1 aromatic rings. The van der Waals surface area contributed by atoms with Crippen LogP contribution >= 0.6 is 0 Å². The van der Waals surface area contributed by atoms with Gasteiger partial charge in [-0.15, -0.1) is 0 Å². The molecule has 11 nitrogen and oxygen atoms in total. The summed E-state index contributed by atoms with van der Waals surface area (Å²) in [5, 5.41) is 7.94. The first kappa shape index (κ1) is 34.8. The lowest BCUT2D eigenvalue weighted by molar-refractivity contribution is -0.146. The number of likely N-dealkylation sites (tertiary alicyclic amines) is 1. The van der Waals surface area contributed by atoms with E-state index in [1.165, 1.54) is 12.0 Å². The molecule has 1 fully saturated rings. The average molecular weight is 626 g/mol. The zero-order valence-corrected chi connectivity index (χ0v) is 25.5. The molecule has 5 amide bonds. The third-order valence-electron chi connectivity index (χ3n) is 8.22. The first-order valence-electron chi connectivity index (χ1n) is 14.7. The Bertz CT molecular complexity index is 1210. The van der Waals surface area contributed by atoms with Gasteiger partial charge in [-0.3, -0.25) is 19.2 Å². The van der Waals surface area contributed by atoms with Gasteiger partial charge >= 0.3 is 12.2 Å². The number of benzene rings is 1. The van der Waals surface area contributed by atoms with E-state index < -0.39 is 66.7 Å². The Morgan fingerprint density at radius 2 is 1.64 bits per heavy atom. The maximum absolute atomic E-state index is 14.1. The Labute approximate surface area is 254 Å². The summed E-state index contributed by atoms with van der Waals surface area (Å²) in [7, 11) is 1.52. The molecule has 5 N–H and O–H groups in total. The number of alkyl halides is 3. The third-order valence-corrected chi connectivity index (χ3v) is 8.22. The van der Waals surface area contributed by atoms with Crippen LogP contribution in [0.15, 0.2) is 24.3 Å². The molecular formula is C30H42F3N5O6. The van der Waals surface area contributed by atoms with E-state index in [4.69, 9.17) is 10.5 Å². The van der Waals surface area contributed by atoms with E-state index >= 15 is 0 Å². The Kier molecular flexibility index (Phi) is 11.4. The lowest BCUT2D eigenvalue weighted by Gasteiger charge is -2.34. The monoisotopic (exact) mass is 625 g/mol. The van der Waals surface area contributed by atoms with Crippen LogP contribution in [0.3, 0.4) is 0 Å². The third kappa shape index (κ3) is 9.16. The number of fused-ring (bicyclic) bond motifs is 1. The van der Waals surface area contributed by atoms with Gasteiger partial charge in [0.05, 0.1) is 18.7 Å². The number of amides is 5. The number of urea groups is 1. The van der Waals surface area contributed by atoms with Gasteiger partial charge in [-0.25, -0.2) is 4.79 Å². The number of hydrogen-bond donors (Lipinski definition) is 4. The van der Waals surface area contributed by atoms with E-state index in [-0.39, 0.29) is 36.9 Å². The van der Waals surface area contributed by atoms with Gasteiger partial charge in [0.15, 0.2) is 0 Å². The molecule has 2 aliphatic rings. The number of primary amides is 1. The molecule has 3 unspecified atom stereocenters. The number of hydrogen-bond acceptors (Lipinski definition) is 6. The molecule has 0 radical (unpaired) electrons. The Hall–Kier alpha value is -3.68. The quantitative estimate of drug-likeness (QED) is 0.260. The molecule has 0 spiro atoms. The summed E-state index contributed by atoms with van der Waals surface area (Å²) in [6, 6.07) is 2.76. The van der Waals surface area contributed by atoms with Crippen LogP contribution in [0.1, 0.15) is 57.6 Å². The highest BCUT2D eigenvalue weighted by molar-refractivity contribution is 6.37. The molecule has 4 atom stereocenters. The number of rotatable bonds is 12. The van der Waals surface area contributed by atoms with E-state index in [9.17, 15) is 37.1 Å². The van der Waals surface area contributed by atoms with Crippen LogP contribution < -0.4 is 21.7 Å². The van der Waals surface area contributed by atoms with Crippen LogP contribution in [0, 0.1) is 11.3 Å². The first-order valence-corrected chi connectivity index (χ1v) is 14.7. The van der Waals surface area contributed by atoms with Crippen LogP contribution in [0.2, 0.25) is 0 Å². The molecule has 1 heterocycles. The van der Waals surface area contributed by atoms with Gasteiger partial charge in [0.1, 0.15) is 12.1 Å². The van der Waals surface area contributed by atoms with Crippen molar-refractivity contribution in [1.29, 1.82) is 0 Å². The van der Waals surface area contributed by atoms with E-state index in [1.54, 1.807) is 0 Å². The van der Waals surface area contributed by atoms with Crippen molar-refractivity contribution >= 4 is 29.5 Å². The first-order chi connectivity index (χ1) is 20.5. The second kappa shape index (κ2) is 14.4. The Balaban J connectivity index is 1.83. The van der Waals surface area contributed by atoms with Crippen LogP contribution in [0.4, 0.5) is 18.0 Å². The van der Waals surface area contributed by atoms with E-state index in [0.717, 1.165) is 11.1 Å². The van der Waals surface area contributed by atoms with Crippen molar-refractivity contribution in [2.24, 2.45) is 17.1 Å². The number of methoxy groups -OCH3 is 1. The minimum absolute atomic E-state index is 0.154. The van der Waals surface area contributed by atoms with Gasteiger partial charge in [0.2, 0.25) is 17.6 Å². The molecule has 1 aromatic carbocycles. The van der Waals surface area contributed by atoms with Crippen molar-refractivity contribution in [3.05, 3.63) is 35.4 Å². The van der Waals surface area contributed by atoms with Gasteiger partial charge in [-0.05, 0) is 54.6 Å².